The van der Waals surface area contributed by atoms with Crippen LogP contribution in [0.3, 0.4) is 0 Å². The number of allylic oxidation sites excluding steroid dienone is 2. The van der Waals surface area contributed by atoms with E-state index < -0.39 is 7.26 Å². The van der Waals surface area contributed by atoms with Gasteiger partial charge in [-0.15, -0.1) is 0 Å². The molecule has 3 aromatic rings. The normalized spacial score (nSPS) is 11.7. The Labute approximate surface area is 268 Å². The highest BCUT2D eigenvalue weighted by molar-refractivity contribution is 7.95. The van der Waals surface area contributed by atoms with Crippen LogP contribution in [0.1, 0.15) is 84.5 Å². The van der Waals surface area contributed by atoms with E-state index in [0.717, 1.165) is 45.3 Å². The van der Waals surface area contributed by atoms with Gasteiger partial charge in [0.15, 0.2) is 6.29 Å². The molecule has 3 aromatic carbocycles. The Morgan fingerprint density at radius 2 is 1.00 bits per heavy atom. The first kappa shape index (κ1) is 35.7. The lowest BCUT2D eigenvalue weighted by molar-refractivity contribution is -0.147. The van der Waals surface area contributed by atoms with E-state index in [0.29, 0.717) is 0 Å². The molecule has 0 heterocycles. The lowest BCUT2D eigenvalue weighted by atomic mass is 10.1. The van der Waals surface area contributed by atoms with Crippen LogP contribution in [-0.4, -0.2) is 25.7 Å². The van der Waals surface area contributed by atoms with Crippen LogP contribution in [0.5, 0.6) is 0 Å². The second-order valence-corrected chi connectivity index (χ2v) is 14.3. The van der Waals surface area contributed by atoms with Crippen LogP contribution in [0.25, 0.3) is 0 Å². The zero-order chi connectivity index (χ0) is 28.1. The Balaban J connectivity index is 0.00000588. The van der Waals surface area contributed by atoms with E-state index in [9.17, 15) is 0 Å². The third kappa shape index (κ3) is 12.3. The van der Waals surface area contributed by atoms with Gasteiger partial charge in [0.25, 0.3) is 0 Å². The highest BCUT2D eigenvalue weighted by Gasteiger charge is 2.44. The summed E-state index contributed by atoms with van der Waals surface area (Å²) in [5.74, 6) is 0. The zero-order valence-electron chi connectivity index (χ0n) is 25.4. The van der Waals surface area contributed by atoms with Gasteiger partial charge in [-0.3, -0.25) is 0 Å². The molecule has 4 heteroatoms. The van der Waals surface area contributed by atoms with Gasteiger partial charge in [-0.05, 0) is 87.8 Å². The van der Waals surface area contributed by atoms with Crippen LogP contribution in [-0.2, 0) is 9.47 Å². The highest BCUT2D eigenvalue weighted by Crippen LogP contribution is 2.55. The Morgan fingerprint density at radius 3 is 1.44 bits per heavy atom. The van der Waals surface area contributed by atoms with E-state index in [4.69, 9.17) is 9.47 Å². The molecule has 0 fully saturated rings. The minimum atomic E-state index is -1.71. The van der Waals surface area contributed by atoms with E-state index in [1.54, 1.807) is 0 Å². The highest BCUT2D eigenvalue weighted by atomic mass is 127. The van der Waals surface area contributed by atoms with Crippen molar-refractivity contribution in [3.8, 4) is 0 Å². The van der Waals surface area contributed by atoms with Crippen LogP contribution in [0.4, 0.5) is 0 Å². The molecule has 0 aromatic heterocycles. The van der Waals surface area contributed by atoms with Gasteiger partial charge in [-0.2, -0.15) is 0 Å². The summed E-state index contributed by atoms with van der Waals surface area (Å²) in [7, 11) is -1.71. The second kappa shape index (κ2) is 22.1. The summed E-state index contributed by atoms with van der Waals surface area (Å²) < 4.78 is 12.0. The molecule has 0 saturated heterocycles. The van der Waals surface area contributed by atoms with Crippen molar-refractivity contribution in [2.24, 2.45) is 0 Å². The molecule has 3 rings (SSSR count). The van der Waals surface area contributed by atoms with Crippen molar-refractivity contribution >= 4 is 23.2 Å². The Hall–Kier alpha value is -1.52. The van der Waals surface area contributed by atoms with Crippen molar-refractivity contribution in [1.29, 1.82) is 0 Å². The molecule has 0 N–H and O–H groups in total. The molecule has 0 aliphatic rings. The third-order valence-electron chi connectivity index (χ3n) is 7.54. The van der Waals surface area contributed by atoms with Crippen LogP contribution < -0.4 is 39.9 Å². The number of rotatable bonds is 21. The summed E-state index contributed by atoms with van der Waals surface area (Å²) in [6, 6.07) is 33.7. The van der Waals surface area contributed by atoms with Crippen LogP contribution in [0.15, 0.2) is 103 Å². The summed E-state index contributed by atoms with van der Waals surface area (Å²) in [4.78, 5) is 0. The molecule has 0 unspecified atom stereocenters. The minimum Gasteiger partial charge on any atom is -1.00 e. The van der Waals surface area contributed by atoms with Gasteiger partial charge in [0.1, 0.15) is 23.2 Å². The molecule has 2 nitrogen and oxygen atoms in total. The predicted octanol–water partition coefficient (Wildman–Crippen LogP) is 6.23. The second-order valence-electron chi connectivity index (χ2n) is 10.7. The fourth-order valence-electron chi connectivity index (χ4n) is 5.25. The lowest BCUT2D eigenvalue weighted by Crippen LogP contribution is -3.00. The first-order chi connectivity index (χ1) is 19.8. The zero-order valence-corrected chi connectivity index (χ0v) is 28.5. The molecule has 0 radical (unpaired) electrons. The molecule has 41 heavy (non-hydrogen) atoms. The molecule has 0 aliphatic heterocycles. The van der Waals surface area contributed by atoms with Gasteiger partial charge in [0.2, 0.25) is 0 Å². The van der Waals surface area contributed by atoms with E-state index in [1.807, 2.05) is 0 Å². The van der Waals surface area contributed by atoms with Crippen molar-refractivity contribution in [3.05, 3.63) is 103 Å². The standard InChI is InChI=1S/C37H52O2P.HI/c1-3-5-31-38-37(39-32-6-4-2)30-22-11-9-7-8-10-12-23-33-40(34-24-16-13-17-25-34,35-26-18-14-19-27-35)36-28-20-15-21-29-36;/h8,10,13-21,24-29,37H,3-7,9,11-12,22-23,30-33H2,1-2H3;1H/q+1;/p-1/b10-8+;. The van der Waals surface area contributed by atoms with E-state index in [2.05, 4.69) is 117 Å². The van der Waals surface area contributed by atoms with Crippen LogP contribution in [0, 0.1) is 0 Å². The van der Waals surface area contributed by atoms with Crippen LogP contribution >= 0.6 is 7.26 Å². The Morgan fingerprint density at radius 1 is 0.561 bits per heavy atom. The first-order valence-electron chi connectivity index (χ1n) is 15.7. The fraction of sp³-hybridized carbons (Fsp3) is 0.459. The number of hydrogen-bond acceptors (Lipinski definition) is 2. The maximum absolute atomic E-state index is 5.99. The number of benzene rings is 3. The molecule has 224 valence electrons. The molecule has 0 aliphatic carbocycles. The molecule has 0 amide bonds. The topological polar surface area (TPSA) is 18.5 Å². The van der Waals surface area contributed by atoms with Gasteiger partial charge in [-0.25, -0.2) is 0 Å². The van der Waals surface area contributed by atoms with Crippen LogP contribution in [0.2, 0.25) is 0 Å². The molecular formula is C37H52IO2P. The van der Waals surface area contributed by atoms with Crippen molar-refractivity contribution in [1.82, 2.24) is 0 Å². The predicted molar refractivity (Wildman–Crippen MR) is 177 cm³/mol. The number of ether oxygens (including phenoxy) is 2. The third-order valence-corrected chi connectivity index (χ3v) is 12.1. The lowest BCUT2D eigenvalue weighted by Gasteiger charge is -2.27. The average Bonchev–Trinajstić information content (AvgIpc) is 3.01. The van der Waals surface area contributed by atoms with E-state index >= 15 is 0 Å². The number of halogens is 1. The Kier molecular flexibility index (Phi) is 19.2. The maximum Gasteiger partial charge on any atom is 0.157 e. The molecule has 0 bridgehead atoms. The minimum absolute atomic E-state index is 0. The van der Waals surface area contributed by atoms with Gasteiger partial charge < -0.3 is 33.5 Å². The van der Waals surface area contributed by atoms with Crippen molar-refractivity contribution in [3.63, 3.8) is 0 Å². The summed E-state index contributed by atoms with van der Waals surface area (Å²) in [5.41, 5.74) is 0. The molecular weight excluding hydrogens is 634 g/mol. The van der Waals surface area contributed by atoms with E-state index in [1.165, 1.54) is 60.6 Å². The SMILES string of the molecule is CCCCOC(CCCCC/C=C/CCC[P+](c1ccccc1)(c1ccccc1)c1ccccc1)OCCCC.[I-]. The van der Waals surface area contributed by atoms with Gasteiger partial charge >= 0.3 is 0 Å². The maximum atomic E-state index is 5.99. The monoisotopic (exact) mass is 686 g/mol. The summed E-state index contributed by atoms with van der Waals surface area (Å²) in [6.45, 7) is 6.05. The fourth-order valence-corrected chi connectivity index (χ4v) is 9.62. The smallest absolute Gasteiger partial charge is 0.157 e. The van der Waals surface area contributed by atoms with Gasteiger partial charge in [0.05, 0.1) is 6.16 Å². The van der Waals surface area contributed by atoms with Gasteiger partial charge in [-0.1, -0.05) is 99.9 Å². The first-order valence-corrected chi connectivity index (χ1v) is 17.7. The quantitative estimate of drug-likeness (QED) is 0.0435. The summed E-state index contributed by atoms with van der Waals surface area (Å²) in [5, 5.41) is 4.44. The summed E-state index contributed by atoms with van der Waals surface area (Å²) >= 11 is 0. The van der Waals surface area contributed by atoms with Crippen molar-refractivity contribution in [2.45, 2.75) is 90.8 Å². The number of unbranched alkanes of at least 4 members (excludes halogenated alkanes) is 6. The van der Waals surface area contributed by atoms with E-state index in [-0.39, 0.29) is 30.3 Å². The van der Waals surface area contributed by atoms with Crippen molar-refractivity contribution in [2.75, 3.05) is 19.4 Å². The molecule has 0 saturated carbocycles. The van der Waals surface area contributed by atoms with Gasteiger partial charge in [0, 0.05) is 13.2 Å². The molecule has 0 atom stereocenters. The van der Waals surface area contributed by atoms with Crippen molar-refractivity contribution < 1.29 is 33.5 Å². The Bertz CT molecular complexity index is 936. The number of hydrogen-bond donors (Lipinski definition) is 0. The summed E-state index contributed by atoms with van der Waals surface area (Å²) in [6.07, 6.45) is 18.7. The largest absolute Gasteiger partial charge is 1.00 e. The average molecular weight is 687 g/mol. The molecule has 0 spiro atoms.